The smallest absolute Gasteiger partial charge is 0.00261 e. The molecule has 0 amide bonds. The Morgan fingerprint density at radius 3 is 1.33 bits per heavy atom. The summed E-state index contributed by atoms with van der Waals surface area (Å²) in [5, 5.41) is 10.1. The minimum Gasteiger partial charge on any atom is -0.0622 e. The quantitative estimate of drug-likeness (QED) is 0.181. The molecule has 0 saturated carbocycles. The van der Waals surface area contributed by atoms with Crippen molar-refractivity contribution >= 4 is 43.1 Å². The van der Waals surface area contributed by atoms with Crippen LogP contribution >= 0.6 is 0 Å². The van der Waals surface area contributed by atoms with Gasteiger partial charge in [0.1, 0.15) is 0 Å². The summed E-state index contributed by atoms with van der Waals surface area (Å²) in [6.07, 6.45) is 0. The molecular formula is C46H30. The van der Waals surface area contributed by atoms with Crippen LogP contribution in [0.1, 0.15) is 0 Å². The van der Waals surface area contributed by atoms with Gasteiger partial charge in [-0.05, 0) is 99.7 Å². The van der Waals surface area contributed by atoms with Gasteiger partial charge in [0.25, 0.3) is 0 Å². The van der Waals surface area contributed by atoms with Gasteiger partial charge in [0.15, 0.2) is 0 Å². The monoisotopic (exact) mass is 582 g/mol. The zero-order valence-electron chi connectivity index (χ0n) is 25.3. The second-order valence-electron chi connectivity index (χ2n) is 12.1. The first-order valence-electron chi connectivity index (χ1n) is 15.9. The Morgan fingerprint density at radius 2 is 0.696 bits per heavy atom. The normalized spacial score (nSPS) is 11.5. The summed E-state index contributed by atoms with van der Waals surface area (Å²) < 4.78 is 0. The van der Waals surface area contributed by atoms with E-state index in [1.807, 2.05) is 0 Å². The van der Waals surface area contributed by atoms with Crippen LogP contribution in [0.15, 0.2) is 182 Å². The molecule has 0 radical (unpaired) electrons. The number of benzene rings is 9. The van der Waals surface area contributed by atoms with E-state index in [1.165, 1.54) is 87.6 Å². The van der Waals surface area contributed by atoms with Gasteiger partial charge in [-0.25, -0.2) is 0 Å². The fourth-order valence-electron chi connectivity index (χ4n) is 7.34. The predicted octanol–water partition coefficient (Wildman–Crippen LogP) is 13.0. The van der Waals surface area contributed by atoms with Crippen molar-refractivity contribution in [3.05, 3.63) is 182 Å². The molecule has 9 aromatic rings. The summed E-state index contributed by atoms with van der Waals surface area (Å²) in [6.45, 7) is 0. The average molecular weight is 583 g/mol. The lowest BCUT2D eigenvalue weighted by Crippen LogP contribution is -1.92. The third-order valence-corrected chi connectivity index (χ3v) is 9.44. The van der Waals surface area contributed by atoms with Crippen LogP contribution in [-0.4, -0.2) is 0 Å². The molecule has 9 aromatic carbocycles. The van der Waals surface area contributed by atoms with E-state index in [9.17, 15) is 0 Å². The van der Waals surface area contributed by atoms with Crippen LogP contribution in [-0.2, 0) is 0 Å². The van der Waals surface area contributed by atoms with Crippen LogP contribution in [0, 0.1) is 0 Å². The van der Waals surface area contributed by atoms with Crippen molar-refractivity contribution in [3.8, 4) is 44.5 Å². The van der Waals surface area contributed by atoms with Crippen LogP contribution < -0.4 is 0 Å². The van der Waals surface area contributed by atoms with E-state index in [1.54, 1.807) is 0 Å². The largest absolute Gasteiger partial charge is 0.0622 e. The molecule has 0 heterocycles. The van der Waals surface area contributed by atoms with Gasteiger partial charge in [0.05, 0.1) is 0 Å². The maximum atomic E-state index is 2.43. The van der Waals surface area contributed by atoms with Crippen LogP contribution in [0.2, 0.25) is 0 Å². The summed E-state index contributed by atoms with van der Waals surface area (Å²) in [5.41, 5.74) is 10.0. The molecule has 46 heavy (non-hydrogen) atoms. The molecule has 0 unspecified atom stereocenters. The first-order valence-corrected chi connectivity index (χ1v) is 15.9. The summed E-state index contributed by atoms with van der Waals surface area (Å²) in [4.78, 5) is 0. The molecule has 0 N–H and O–H groups in total. The summed E-state index contributed by atoms with van der Waals surface area (Å²) in [7, 11) is 0. The van der Waals surface area contributed by atoms with Crippen molar-refractivity contribution in [1.82, 2.24) is 0 Å². The van der Waals surface area contributed by atoms with E-state index in [2.05, 4.69) is 182 Å². The fourth-order valence-corrected chi connectivity index (χ4v) is 7.34. The Bertz CT molecular complexity index is 2500. The molecule has 0 bridgehead atoms. The molecule has 0 aromatic heterocycles. The summed E-state index contributed by atoms with van der Waals surface area (Å²) in [6, 6.07) is 66.5. The summed E-state index contributed by atoms with van der Waals surface area (Å²) >= 11 is 0. The van der Waals surface area contributed by atoms with Crippen molar-refractivity contribution < 1.29 is 0 Å². The maximum absolute atomic E-state index is 2.43. The van der Waals surface area contributed by atoms with Crippen molar-refractivity contribution in [2.45, 2.75) is 0 Å². The highest BCUT2D eigenvalue weighted by atomic mass is 14.2. The topological polar surface area (TPSA) is 0 Å². The molecule has 9 rings (SSSR count). The molecule has 0 heteroatoms. The third kappa shape index (κ3) is 4.30. The standard InChI is InChI=1S/C46H30/c1-3-14-32(15-4-1)37-27-28-38(35-24-23-31-13-7-8-18-34(31)29-35)39-26-25-36(30-44(37)39)46-42-21-11-9-19-40(42)45(33-16-5-2-6-17-33)41-20-10-12-22-43(41)46/h1-30H. The lowest BCUT2D eigenvalue weighted by atomic mass is 9.84. The highest BCUT2D eigenvalue weighted by Crippen LogP contribution is 2.45. The Hall–Kier alpha value is -5.98. The second-order valence-corrected chi connectivity index (χ2v) is 12.1. The molecule has 0 aliphatic heterocycles. The van der Waals surface area contributed by atoms with Gasteiger partial charge in [0.2, 0.25) is 0 Å². The Balaban J connectivity index is 1.35. The van der Waals surface area contributed by atoms with Crippen LogP contribution in [0.3, 0.4) is 0 Å². The molecule has 0 aliphatic rings. The molecule has 0 spiro atoms. The first kappa shape index (κ1) is 26.4. The molecule has 0 fully saturated rings. The first-order chi connectivity index (χ1) is 22.8. The predicted molar refractivity (Wildman–Crippen MR) is 198 cm³/mol. The summed E-state index contributed by atoms with van der Waals surface area (Å²) in [5.74, 6) is 0. The lowest BCUT2D eigenvalue weighted by Gasteiger charge is -2.19. The van der Waals surface area contributed by atoms with Gasteiger partial charge in [-0.1, -0.05) is 170 Å². The average Bonchev–Trinajstić information content (AvgIpc) is 3.13. The van der Waals surface area contributed by atoms with E-state index in [-0.39, 0.29) is 0 Å². The zero-order valence-corrected chi connectivity index (χ0v) is 25.3. The lowest BCUT2D eigenvalue weighted by molar-refractivity contribution is 1.63. The number of hydrogen-bond acceptors (Lipinski definition) is 0. The molecule has 0 aliphatic carbocycles. The minimum atomic E-state index is 1.23. The second kappa shape index (κ2) is 10.9. The molecule has 0 atom stereocenters. The van der Waals surface area contributed by atoms with Gasteiger partial charge < -0.3 is 0 Å². The van der Waals surface area contributed by atoms with Crippen molar-refractivity contribution in [1.29, 1.82) is 0 Å². The fraction of sp³-hybridized carbons (Fsp3) is 0. The maximum Gasteiger partial charge on any atom is -0.00261 e. The van der Waals surface area contributed by atoms with E-state index < -0.39 is 0 Å². The number of hydrogen-bond donors (Lipinski definition) is 0. The number of rotatable bonds is 4. The molecular weight excluding hydrogens is 553 g/mol. The van der Waals surface area contributed by atoms with Gasteiger partial charge in [-0.3, -0.25) is 0 Å². The SMILES string of the molecule is c1ccc(-c2ccc(-c3ccc4ccccc4c3)c3ccc(-c4c5ccccc5c(-c5ccccc5)c5ccccc45)cc23)cc1. The van der Waals surface area contributed by atoms with Gasteiger partial charge >= 0.3 is 0 Å². The Labute approximate surface area is 268 Å². The van der Waals surface area contributed by atoms with Gasteiger partial charge in [-0.2, -0.15) is 0 Å². The number of fused-ring (bicyclic) bond motifs is 4. The third-order valence-electron chi connectivity index (χ3n) is 9.44. The Kier molecular flexibility index (Phi) is 6.25. The molecule has 0 saturated heterocycles. The molecule has 0 nitrogen and oxygen atoms in total. The van der Waals surface area contributed by atoms with E-state index in [0.717, 1.165) is 0 Å². The van der Waals surface area contributed by atoms with Crippen molar-refractivity contribution in [3.63, 3.8) is 0 Å². The highest BCUT2D eigenvalue weighted by molar-refractivity contribution is 6.22. The van der Waals surface area contributed by atoms with Crippen LogP contribution in [0.4, 0.5) is 0 Å². The van der Waals surface area contributed by atoms with Gasteiger partial charge in [0, 0.05) is 0 Å². The minimum absolute atomic E-state index is 1.23. The Morgan fingerprint density at radius 1 is 0.217 bits per heavy atom. The van der Waals surface area contributed by atoms with E-state index in [4.69, 9.17) is 0 Å². The van der Waals surface area contributed by atoms with Crippen molar-refractivity contribution in [2.75, 3.05) is 0 Å². The highest BCUT2D eigenvalue weighted by Gasteiger charge is 2.18. The van der Waals surface area contributed by atoms with E-state index in [0.29, 0.717) is 0 Å². The van der Waals surface area contributed by atoms with Crippen molar-refractivity contribution in [2.24, 2.45) is 0 Å². The van der Waals surface area contributed by atoms with Crippen LogP contribution in [0.25, 0.3) is 87.6 Å². The van der Waals surface area contributed by atoms with Crippen LogP contribution in [0.5, 0.6) is 0 Å². The molecule has 214 valence electrons. The zero-order chi connectivity index (χ0) is 30.5. The van der Waals surface area contributed by atoms with Gasteiger partial charge in [-0.15, -0.1) is 0 Å². The van der Waals surface area contributed by atoms with E-state index >= 15 is 0 Å².